The van der Waals surface area contributed by atoms with Crippen LogP contribution in [0.25, 0.3) is 0 Å². The molecule has 1 unspecified atom stereocenters. The second-order valence-electron chi connectivity index (χ2n) is 3.64. The monoisotopic (exact) mass is 180 g/mol. The van der Waals surface area contributed by atoms with Crippen molar-refractivity contribution in [2.24, 2.45) is 5.92 Å². The van der Waals surface area contributed by atoms with Crippen molar-refractivity contribution < 1.29 is 0 Å². The molecule has 0 aliphatic carbocycles. The molecule has 0 heteroatoms. The van der Waals surface area contributed by atoms with Gasteiger partial charge in [-0.2, -0.15) is 0 Å². The highest BCUT2D eigenvalue weighted by Gasteiger charge is 2.01. The zero-order valence-electron chi connectivity index (χ0n) is 9.26. The number of unbranched alkanes of at least 4 members (excludes halogenated alkanes) is 1. The van der Waals surface area contributed by atoms with Gasteiger partial charge in [0.2, 0.25) is 0 Å². The molecule has 0 aliphatic rings. The van der Waals surface area contributed by atoms with Crippen molar-refractivity contribution in [1.29, 1.82) is 0 Å². The Bertz CT molecular complexity index is 133. The largest absolute Gasteiger partial charge is 0.103 e. The highest BCUT2D eigenvalue weighted by molar-refractivity contribution is 4.92. The average Bonchev–Trinajstić information content (AvgIpc) is 2.14. The Kier molecular flexibility index (Phi) is 9.18. The van der Waals surface area contributed by atoms with Crippen molar-refractivity contribution in [3.63, 3.8) is 0 Å². The maximum Gasteiger partial charge on any atom is -0.0172 e. The molecule has 0 heterocycles. The lowest BCUT2D eigenvalue weighted by Crippen LogP contribution is -1.95. The van der Waals surface area contributed by atoms with E-state index in [4.69, 9.17) is 0 Å². The van der Waals surface area contributed by atoms with Gasteiger partial charge < -0.3 is 0 Å². The van der Waals surface area contributed by atoms with Crippen LogP contribution in [0, 0.1) is 5.92 Å². The molecule has 0 aromatic carbocycles. The molecule has 0 aromatic rings. The summed E-state index contributed by atoms with van der Waals surface area (Å²) in [6, 6.07) is 0. The third-order valence-corrected chi connectivity index (χ3v) is 2.30. The Labute approximate surface area is 83.7 Å². The standard InChI is InChI=1S/C13H24/c1-4-7-9-12-13(10-6-3)11-8-5-2/h4,9,12-13H,1,5-8,10-11H2,2-3H3. The molecule has 0 aliphatic heterocycles. The average molecular weight is 180 g/mol. The van der Waals surface area contributed by atoms with Crippen molar-refractivity contribution >= 4 is 0 Å². The van der Waals surface area contributed by atoms with Crippen molar-refractivity contribution in [1.82, 2.24) is 0 Å². The molecule has 0 radical (unpaired) electrons. The van der Waals surface area contributed by atoms with E-state index in [2.05, 4.69) is 32.6 Å². The molecule has 0 spiro atoms. The molecule has 0 N–H and O–H groups in total. The fraction of sp³-hybridized carbons (Fsp3) is 0.692. The van der Waals surface area contributed by atoms with Gasteiger partial charge in [0.15, 0.2) is 0 Å². The first-order chi connectivity index (χ1) is 6.35. The fourth-order valence-corrected chi connectivity index (χ4v) is 1.54. The van der Waals surface area contributed by atoms with Gasteiger partial charge in [-0.25, -0.2) is 0 Å². The molecule has 13 heavy (non-hydrogen) atoms. The molecular weight excluding hydrogens is 156 g/mol. The van der Waals surface area contributed by atoms with E-state index in [0.717, 1.165) is 12.3 Å². The Morgan fingerprint density at radius 2 is 1.92 bits per heavy atom. The van der Waals surface area contributed by atoms with E-state index in [1.54, 1.807) is 0 Å². The topological polar surface area (TPSA) is 0 Å². The fourth-order valence-electron chi connectivity index (χ4n) is 1.54. The van der Waals surface area contributed by atoms with Gasteiger partial charge >= 0.3 is 0 Å². The Morgan fingerprint density at radius 1 is 1.15 bits per heavy atom. The van der Waals surface area contributed by atoms with Gasteiger partial charge in [-0.1, -0.05) is 51.3 Å². The minimum atomic E-state index is 0.810. The van der Waals surface area contributed by atoms with Gasteiger partial charge in [-0.15, -0.1) is 6.58 Å². The molecule has 0 amide bonds. The van der Waals surface area contributed by atoms with Crippen LogP contribution in [0.5, 0.6) is 0 Å². The molecular formula is C13H24. The lowest BCUT2D eigenvalue weighted by Gasteiger charge is -2.09. The van der Waals surface area contributed by atoms with Crippen LogP contribution in [-0.2, 0) is 0 Å². The van der Waals surface area contributed by atoms with E-state index in [-0.39, 0.29) is 0 Å². The molecule has 0 saturated heterocycles. The molecule has 0 saturated carbocycles. The normalized spacial score (nSPS) is 13.4. The van der Waals surface area contributed by atoms with Gasteiger partial charge in [0.05, 0.1) is 0 Å². The van der Waals surface area contributed by atoms with Gasteiger partial charge in [0.1, 0.15) is 0 Å². The summed E-state index contributed by atoms with van der Waals surface area (Å²) in [5.41, 5.74) is 0. The highest BCUT2D eigenvalue weighted by Crippen LogP contribution is 2.16. The zero-order valence-corrected chi connectivity index (χ0v) is 9.26. The molecule has 0 rings (SSSR count). The third-order valence-electron chi connectivity index (χ3n) is 2.30. The summed E-state index contributed by atoms with van der Waals surface area (Å²) >= 11 is 0. The lowest BCUT2D eigenvalue weighted by atomic mass is 9.96. The molecule has 76 valence electrons. The second kappa shape index (κ2) is 9.57. The molecule has 0 aromatic heterocycles. The maximum atomic E-state index is 3.71. The van der Waals surface area contributed by atoms with E-state index in [9.17, 15) is 0 Å². The van der Waals surface area contributed by atoms with Crippen LogP contribution in [0.3, 0.4) is 0 Å². The number of hydrogen-bond acceptors (Lipinski definition) is 0. The van der Waals surface area contributed by atoms with Crippen LogP contribution >= 0.6 is 0 Å². The van der Waals surface area contributed by atoms with E-state index in [1.807, 2.05) is 6.08 Å². The van der Waals surface area contributed by atoms with Crippen molar-refractivity contribution in [2.45, 2.75) is 52.4 Å². The predicted octanol–water partition coefficient (Wildman–Crippen LogP) is 4.73. The summed E-state index contributed by atoms with van der Waals surface area (Å²) in [4.78, 5) is 0. The Hall–Kier alpha value is -0.520. The number of rotatable bonds is 8. The summed E-state index contributed by atoms with van der Waals surface area (Å²) in [5.74, 6) is 0.810. The van der Waals surface area contributed by atoms with Crippen LogP contribution in [0.4, 0.5) is 0 Å². The first-order valence-corrected chi connectivity index (χ1v) is 5.62. The minimum absolute atomic E-state index is 0.810. The maximum absolute atomic E-state index is 3.71. The Morgan fingerprint density at radius 3 is 2.46 bits per heavy atom. The lowest BCUT2D eigenvalue weighted by molar-refractivity contribution is 0.511. The summed E-state index contributed by atoms with van der Waals surface area (Å²) in [6.07, 6.45) is 14.3. The van der Waals surface area contributed by atoms with E-state index in [0.29, 0.717) is 0 Å². The minimum Gasteiger partial charge on any atom is -0.103 e. The smallest absolute Gasteiger partial charge is 0.0172 e. The van der Waals surface area contributed by atoms with Crippen molar-refractivity contribution in [2.75, 3.05) is 0 Å². The van der Waals surface area contributed by atoms with Gasteiger partial charge in [0, 0.05) is 0 Å². The van der Waals surface area contributed by atoms with Crippen LogP contribution in [0.15, 0.2) is 24.8 Å². The van der Waals surface area contributed by atoms with Crippen molar-refractivity contribution in [3.05, 3.63) is 24.8 Å². The quantitative estimate of drug-likeness (QED) is 0.474. The van der Waals surface area contributed by atoms with Crippen LogP contribution in [-0.4, -0.2) is 0 Å². The van der Waals surface area contributed by atoms with E-state index in [1.165, 1.54) is 32.1 Å². The molecule has 0 fully saturated rings. The van der Waals surface area contributed by atoms with Crippen LogP contribution in [0.2, 0.25) is 0 Å². The third kappa shape index (κ3) is 7.83. The number of hydrogen-bond donors (Lipinski definition) is 0. The van der Waals surface area contributed by atoms with Gasteiger partial charge in [-0.3, -0.25) is 0 Å². The van der Waals surface area contributed by atoms with E-state index >= 15 is 0 Å². The summed E-state index contributed by atoms with van der Waals surface area (Å²) in [7, 11) is 0. The SMILES string of the molecule is C=CCC=CC(CCC)CCCC. The summed E-state index contributed by atoms with van der Waals surface area (Å²) < 4.78 is 0. The summed E-state index contributed by atoms with van der Waals surface area (Å²) in [6.45, 7) is 8.24. The van der Waals surface area contributed by atoms with Gasteiger partial charge in [-0.05, 0) is 25.2 Å². The Balaban J connectivity index is 3.70. The summed E-state index contributed by atoms with van der Waals surface area (Å²) in [5, 5.41) is 0. The first-order valence-electron chi connectivity index (χ1n) is 5.62. The van der Waals surface area contributed by atoms with Crippen LogP contribution < -0.4 is 0 Å². The van der Waals surface area contributed by atoms with Crippen LogP contribution in [0.1, 0.15) is 52.4 Å². The van der Waals surface area contributed by atoms with Crippen molar-refractivity contribution in [3.8, 4) is 0 Å². The van der Waals surface area contributed by atoms with Gasteiger partial charge in [0.25, 0.3) is 0 Å². The highest BCUT2D eigenvalue weighted by atomic mass is 14.1. The number of allylic oxidation sites excluding steroid dienone is 3. The molecule has 0 bridgehead atoms. The molecule has 1 atom stereocenters. The van der Waals surface area contributed by atoms with E-state index < -0.39 is 0 Å². The second-order valence-corrected chi connectivity index (χ2v) is 3.64. The zero-order chi connectivity index (χ0) is 9.94. The first kappa shape index (κ1) is 12.5. The molecule has 0 nitrogen and oxygen atoms in total. The predicted molar refractivity (Wildman–Crippen MR) is 61.9 cm³/mol.